The molecular formula is C15H24N6O2. The zero-order valence-corrected chi connectivity index (χ0v) is 13.8. The molecule has 3 rings (SSSR count). The summed E-state index contributed by atoms with van der Waals surface area (Å²) in [5.41, 5.74) is 0. The van der Waals surface area contributed by atoms with E-state index >= 15 is 0 Å². The van der Waals surface area contributed by atoms with Gasteiger partial charge in [-0.1, -0.05) is 0 Å². The first-order valence-electron chi connectivity index (χ1n) is 8.21. The number of rotatable bonds is 5. The number of urea groups is 1. The Labute approximate surface area is 135 Å². The molecule has 23 heavy (non-hydrogen) atoms. The van der Waals surface area contributed by atoms with Crippen LogP contribution in [0, 0.1) is 19.8 Å². The van der Waals surface area contributed by atoms with Crippen LogP contribution in [0.3, 0.4) is 0 Å². The van der Waals surface area contributed by atoms with Gasteiger partial charge in [-0.3, -0.25) is 9.69 Å². The van der Waals surface area contributed by atoms with Crippen molar-refractivity contribution < 1.29 is 9.59 Å². The summed E-state index contributed by atoms with van der Waals surface area (Å²) in [6.45, 7) is 8.12. The van der Waals surface area contributed by atoms with Gasteiger partial charge in [0.15, 0.2) is 0 Å². The quantitative estimate of drug-likeness (QED) is 0.781. The molecule has 0 bridgehead atoms. The monoisotopic (exact) mass is 320 g/mol. The summed E-state index contributed by atoms with van der Waals surface area (Å²) < 4.78 is 1.99. The maximum atomic E-state index is 11.6. The number of amides is 3. The van der Waals surface area contributed by atoms with E-state index in [0.717, 1.165) is 44.2 Å². The van der Waals surface area contributed by atoms with Crippen molar-refractivity contribution in [1.29, 1.82) is 0 Å². The highest BCUT2D eigenvalue weighted by molar-refractivity contribution is 6.01. The SMILES string of the molecule is Cc1nc(C)n(CC2CCCN(CCN3C(=O)CNC3=O)C2)n1. The molecule has 1 aromatic heterocycles. The Bertz CT molecular complexity index is 583. The van der Waals surface area contributed by atoms with Gasteiger partial charge in [-0.15, -0.1) is 0 Å². The average Bonchev–Trinajstić information content (AvgIpc) is 3.00. The summed E-state index contributed by atoms with van der Waals surface area (Å²) in [6, 6.07) is -0.266. The second-order valence-corrected chi connectivity index (χ2v) is 6.40. The highest BCUT2D eigenvalue weighted by Gasteiger charge is 2.29. The average molecular weight is 320 g/mol. The zero-order valence-electron chi connectivity index (χ0n) is 13.8. The number of imide groups is 1. The minimum Gasteiger partial charge on any atom is -0.329 e. The summed E-state index contributed by atoms with van der Waals surface area (Å²) >= 11 is 0. The molecule has 0 aromatic carbocycles. The van der Waals surface area contributed by atoms with Crippen molar-refractivity contribution in [3.63, 3.8) is 0 Å². The summed E-state index contributed by atoms with van der Waals surface area (Å²) in [5.74, 6) is 2.18. The molecule has 1 unspecified atom stereocenters. The standard InChI is InChI=1S/C15H24N6O2/c1-11-17-12(2)21(18-11)10-13-4-3-5-19(9-13)6-7-20-14(22)8-16-15(20)23/h13H,3-10H2,1-2H3,(H,16,23). The van der Waals surface area contributed by atoms with Crippen molar-refractivity contribution in [1.82, 2.24) is 29.9 Å². The number of aryl methyl sites for hydroxylation is 2. The predicted octanol–water partition coefficient (Wildman–Crippen LogP) is 0.159. The van der Waals surface area contributed by atoms with E-state index in [0.29, 0.717) is 12.5 Å². The number of carbonyl (C=O) groups is 2. The normalized spacial score (nSPS) is 22.7. The number of nitrogens with one attached hydrogen (secondary N) is 1. The molecule has 126 valence electrons. The second-order valence-electron chi connectivity index (χ2n) is 6.40. The molecule has 1 N–H and O–H groups in total. The van der Waals surface area contributed by atoms with E-state index in [2.05, 4.69) is 20.3 Å². The summed E-state index contributed by atoms with van der Waals surface area (Å²) in [6.07, 6.45) is 2.31. The minimum absolute atomic E-state index is 0.128. The van der Waals surface area contributed by atoms with Gasteiger partial charge in [0, 0.05) is 26.2 Å². The fourth-order valence-corrected chi connectivity index (χ4v) is 3.41. The van der Waals surface area contributed by atoms with Crippen LogP contribution in [-0.4, -0.2) is 69.2 Å². The number of hydrogen-bond donors (Lipinski definition) is 1. The van der Waals surface area contributed by atoms with E-state index < -0.39 is 0 Å². The first-order valence-corrected chi connectivity index (χ1v) is 8.21. The predicted molar refractivity (Wildman–Crippen MR) is 83.8 cm³/mol. The van der Waals surface area contributed by atoms with Gasteiger partial charge in [0.05, 0.1) is 6.54 Å². The van der Waals surface area contributed by atoms with E-state index in [-0.39, 0.29) is 18.5 Å². The number of carbonyl (C=O) groups excluding carboxylic acids is 2. The third-order valence-electron chi connectivity index (χ3n) is 4.57. The molecule has 0 radical (unpaired) electrons. The van der Waals surface area contributed by atoms with Crippen LogP contribution in [0.1, 0.15) is 24.5 Å². The van der Waals surface area contributed by atoms with Crippen LogP contribution >= 0.6 is 0 Å². The lowest BCUT2D eigenvalue weighted by Gasteiger charge is -2.33. The zero-order chi connectivity index (χ0) is 16.4. The molecule has 1 aromatic rings. The molecule has 2 aliphatic heterocycles. The molecule has 2 aliphatic rings. The van der Waals surface area contributed by atoms with Crippen LogP contribution < -0.4 is 5.32 Å². The Hall–Kier alpha value is -1.96. The summed E-state index contributed by atoms with van der Waals surface area (Å²) in [5, 5.41) is 7.00. The Morgan fingerprint density at radius 3 is 2.74 bits per heavy atom. The van der Waals surface area contributed by atoms with Crippen LogP contribution in [-0.2, 0) is 11.3 Å². The van der Waals surface area contributed by atoms with E-state index in [1.165, 1.54) is 11.3 Å². The fraction of sp³-hybridized carbons (Fsp3) is 0.733. The molecule has 8 heteroatoms. The molecule has 0 spiro atoms. The Kier molecular flexibility index (Phi) is 4.61. The maximum Gasteiger partial charge on any atom is 0.324 e. The van der Waals surface area contributed by atoms with Crippen LogP contribution in [0.4, 0.5) is 4.79 Å². The molecular weight excluding hydrogens is 296 g/mol. The largest absolute Gasteiger partial charge is 0.329 e. The van der Waals surface area contributed by atoms with Crippen LogP contribution in [0.25, 0.3) is 0 Å². The van der Waals surface area contributed by atoms with Crippen molar-refractivity contribution in [2.24, 2.45) is 5.92 Å². The molecule has 3 heterocycles. The Balaban J connectivity index is 1.51. The highest BCUT2D eigenvalue weighted by Crippen LogP contribution is 2.18. The van der Waals surface area contributed by atoms with E-state index in [9.17, 15) is 9.59 Å². The first-order chi connectivity index (χ1) is 11.0. The van der Waals surface area contributed by atoms with Gasteiger partial charge in [0.1, 0.15) is 11.6 Å². The Morgan fingerprint density at radius 1 is 1.26 bits per heavy atom. The minimum atomic E-state index is -0.266. The van der Waals surface area contributed by atoms with E-state index in [1.807, 2.05) is 18.5 Å². The molecule has 2 saturated heterocycles. The smallest absolute Gasteiger partial charge is 0.324 e. The van der Waals surface area contributed by atoms with Crippen molar-refractivity contribution in [3.8, 4) is 0 Å². The maximum absolute atomic E-state index is 11.6. The van der Waals surface area contributed by atoms with Gasteiger partial charge in [-0.05, 0) is 39.2 Å². The van der Waals surface area contributed by atoms with Gasteiger partial charge in [0.2, 0.25) is 5.91 Å². The van der Waals surface area contributed by atoms with Gasteiger partial charge in [0.25, 0.3) is 0 Å². The Morgan fingerprint density at radius 2 is 2.09 bits per heavy atom. The number of piperidine rings is 1. The number of hydrogen-bond acceptors (Lipinski definition) is 5. The molecule has 3 amide bonds. The van der Waals surface area contributed by atoms with Gasteiger partial charge in [-0.2, -0.15) is 5.10 Å². The fourth-order valence-electron chi connectivity index (χ4n) is 3.41. The lowest BCUT2D eigenvalue weighted by atomic mass is 9.98. The van der Waals surface area contributed by atoms with Crippen molar-refractivity contribution >= 4 is 11.9 Å². The van der Waals surface area contributed by atoms with Crippen molar-refractivity contribution in [3.05, 3.63) is 11.6 Å². The summed E-state index contributed by atoms with van der Waals surface area (Å²) in [7, 11) is 0. The lowest BCUT2D eigenvalue weighted by Crippen LogP contribution is -2.43. The van der Waals surface area contributed by atoms with E-state index in [4.69, 9.17) is 0 Å². The van der Waals surface area contributed by atoms with Crippen LogP contribution in [0.5, 0.6) is 0 Å². The van der Waals surface area contributed by atoms with E-state index in [1.54, 1.807) is 0 Å². The third kappa shape index (κ3) is 3.69. The first kappa shape index (κ1) is 15.9. The third-order valence-corrected chi connectivity index (χ3v) is 4.57. The lowest BCUT2D eigenvalue weighted by molar-refractivity contribution is -0.125. The van der Waals surface area contributed by atoms with Crippen LogP contribution in [0.2, 0.25) is 0 Å². The summed E-state index contributed by atoms with van der Waals surface area (Å²) in [4.78, 5) is 31.2. The highest BCUT2D eigenvalue weighted by atomic mass is 16.2. The molecule has 0 saturated carbocycles. The van der Waals surface area contributed by atoms with Gasteiger partial charge < -0.3 is 10.2 Å². The molecule has 2 fully saturated rings. The molecule has 1 atom stereocenters. The van der Waals surface area contributed by atoms with Crippen molar-refractivity contribution in [2.45, 2.75) is 33.2 Å². The van der Waals surface area contributed by atoms with Gasteiger partial charge >= 0.3 is 6.03 Å². The van der Waals surface area contributed by atoms with Gasteiger partial charge in [-0.25, -0.2) is 14.5 Å². The topological polar surface area (TPSA) is 83.4 Å². The number of likely N-dealkylation sites (tertiary alicyclic amines) is 1. The second kappa shape index (κ2) is 6.66. The number of aromatic nitrogens is 3. The van der Waals surface area contributed by atoms with Crippen LogP contribution in [0.15, 0.2) is 0 Å². The number of nitrogens with zero attached hydrogens (tertiary/aromatic N) is 5. The molecule has 0 aliphatic carbocycles. The van der Waals surface area contributed by atoms with Crippen molar-refractivity contribution in [2.75, 3.05) is 32.7 Å². The molecule has 8 nitrogen and oxygen atoms in total.